The van der Waals surface area contributed by atoms with Gasteiger partial charge in [-0.3, -0.25) is 0 Å². The largest absolute Gasteiger partial charge is 0.456 e. The van der Waals surface area contributed by atoms with Crippen molar-refractivity contribution in [1.82, 2.24) is 0 Å². The summed E-state index contributed by atoms with van der Waals surface area (Å²) in [6.45, 7) is 1.92. The molecule has 0 fully saturated rings. The molecular weight excluding hydrogens is 274 g/mol. The van der Waals surface area contributed by atoms with Crippen molar-refractivity contribution in [2.45, 2.75) is 6.92 Å². The van der Waals surface area contributed by atoms with Crippen LogP contribution in [0.25, 0.3) is 11.1 Å². The third-order valence-corrected chi connectivity index (χ3v) is 2.68. The van der Waals surface area contributed by atoms with Crippen molar-refractivity contribution in [3.05, 3.63) is 59.7 Å². The number of halogens is 2. The highest BCUT2D eigenvalue weighted by Crippen LogP contribution is 2.24. The number of carbonyl (C=O) groups excluding carboxylic acids is 1. The summed E-state index contributed by atoms with van der Waals surface area (Å²) in [5, 5.41) is 0. The number of ether oxygens (including phenoxy) is 1. The second-order valence-corrected chi connectivity index (χ2v) is 4.17. The molecule has 0 spiro atoms. The topological polar surface area (TPSA) is 26.3 Å². The molecule has 2 aromatic rings. The lowest BCUT2D eigenvalue weighted by molar-refractivity contribution is -0.136. The molecule has 2 aromatic carbocycles. The highest BCUT2D eigenvalue weighted by atomic mass is 19.1. The summed E-state index contributed by atoms with van der Waals surface area (Å²) in [5.41, 5.74) is 1.41. The average molecular weight is 286 g/mol. The normalized spacial score (nSPS) is 9.67. The van der Waals surface area contributed by atoms with Gasteiger partial charge in [0.15, 0.2) is 0 Å². The zero-order chi connectivity index (χ0) is 15.2. The molecule has 0 N–H and O–H groups in total. The van der Waals surface area contributed by atoms with E-state index in [9.17, 15) is 13.6 Å². The van der Waals surface area contributed by atoms with Gasteiger partial charge in [-0.1, -0.05) is 24.1 Å². The van der Waals surface area contributed by atoms with Gasteiger partial charge >= 0.3 is 5.97 Å². The molecule has 0 aliphatic heterocycles. The van der Waals surface area contributed by atoms with E-state index in [1.807, 2.05) is 0 Å². The molecule has 2 nitrogen and oxygen atoms in total. The zero-order valence-electron chi connectivity index (χ0n) is 11.3. The lowest BCUT2D eigenvalue weighted by Gasteiger charge is -2.05. The van der Waals surface area contributed by atoms with E-state index in [4.69, 9.17) is 4.74 Å². The fourth-order valence-electron chi connectivity index (χ4n) is 1.84. The Balaban J connectivity index is 2.43. The van der Waals surface area contributed by atoms with Gasteiger partial charge < -0.3 is 4.74 Å². The first-order valence-electron chi connectivity index (χ1n) is 6.34. The second kappa shape index (κ2) is 6.67. The minimum absolute atomic E-state index is 0.240. The first-order valence-corrected chi connectivity index (χ1v) is 6.34. The molecule has 0 heterocycles. The van der Waals surface area contributed by atoms with Gasteiger partial charge in [0.2, 0.25) is 0 Å². The fraction of sp³-hybridized carbons (Fsp3) is 0.118. The molecule has 4 heteroatoms. The Morgan fingerprint density at radius 2 is 1.81 bits per heavy atom. The SMILES string of the molecule is CCOC(=O)C#Cc1ccccc1-c1cc(F)cc(F)c1. The Bertz CT molecular complexity index is 707. The molecule has 106 valence electrons. The average Bonchev–Trinajstić information content (AvgIpc) is 2.45. The van der Waals surface area contributed by atoms with Crippen LogP contribution in [0.3, 0.4) is 0 Å². The van der Waals surface area contributed by atoms with Crippen LogP contribution in [0, 0.1) is 23.5 Å². The number of hydrogen-bond donors (Lipinski definition) is 0. The molecule has 0 saturated carbocycles. The van der Waals surface area contributed by atoms with E-state index in [-0.39, 0.29) is 6.61 Å². The van der Waals surface area contributed by atoms with Crippen LogP contribution in [0.2, 0.25) is 0 Å². The summed E-state index contributed by atoms with van der Waals surface area (Å²) in [4.78, 5) is 11.3. The third-order valence-electron chi connectivity index (χ3n) is 2.68. The monoisotopic (exact) mass is 286 g/mol. The number of carbonyl (C=O) groups is 1. The zero-order valence-corrected chi connectivity index (χ0v) is 11.3. The van der Waals surface area contributed by atoms with E-state index >= 15 is 0 Å². The van der Waals surface area contributed by atoms with Crippen molar-refractivity contribution in [1.29, 1.82) is 0 Å². The fourth-order valence-corrected chi connectivity index (χ4v) is 1.84. The molecule has 0 aromatic heterocycles. The van der Waals surface area contributed by atoms with Crippen LogP contribution in [-0.2, 0) is 9.53 Å². The van der Waals surface area contributed by atoms with Crippen LogP contribution in [0.5, 0.6) is 0 Å². The molecule has 0 aliphatic carbocycles. The minimum Gasteiger partial charge on any atom is -0.456 e. The lowest BCUT2D eigenvalue weighted by Crippen LogP contribution is -1.99. The first kappa shape index (κ1) is 14.7. The maximum absolute atomic E-state index is 13.3. The van der Waals surface area contributed by atoms with E-state index in [1.54, 1.807) is 31.2 Å². The Hall–Kier alpha value is -2.67. The molecule has 2 rings (SSSR count). The van der Waals surface area contributed by atoms with Crippen LogP contribution in [0.4, 0.5) is 8.78 Å². The molecule has 0 bridgehead atoms. The van der Waals surface area contributed by atoms with E-state index in [0.717, 1.165) is 6.07 Å². The van der Waals surface area contributed by atoms with E-state index in [1.165, 1.54) is 12.1 Å². The van der Waals surface area contributed by atoms with Gasteiger partial charge in [-0.2, -0.15) is 0 Å². The number of esters is 1. The van der Waals surface area contributed by atoms with E-state index < -0.39 is 17.6 Å². The summed E-state index contributed by atoms with van der Waals surface area (Å²) in [7, 11) is 0. The first-order chi connectivity index (χ1) is 10.1. The van der Waals surface area contributed by atoms with Gasteiger partial charge in [0.05, 0.1) is 6.61 Å². The van der Waals surface area contributed by atoms with Crippen LogP contribution < -0.4 is 0 Å². The van der Waals surface area contributed by atoms with Gasteiger partial charge in [0.25, 0.3) is 0 Å². The number of benzene rings is 2. The summed E-state index contributed by atoms with van der Waals surface area (Å²) < 4.78 is 31.3. The Kier molecular flexibility index (Phi) is 4.68. The van der Waals surface area contributed by atoms with Crippen molar-refractivity contribution in [2.24, 2.45) is 0 Å². The Morgan fingerprint density at radius 1 is 1.14 bits per heavy atom. The van der Waals surface area contributed by atoms with Crippen molar-refractivity contribution >= 4 is 5.97 Å². The molecule has 0 unspecified atom stereocenters. The predicted octanol–water partition coefficient (Wildman–Crippen LogP) is 3.55. The standard InChI is InChI=1S/C17H12F2O2/c1-2-21-17(20)8-7-12-5-3-4-6-16(12)13-9-14(18)11-15(19)10-13/h3-6,9-11H,2H2,1H3. The van der Waals surface area contributed by atoms with Crippen LogP contribution in [-0.4, -0.2) is 12.6 Å². The smallest absolute Gasteiger partial charge is 0.384 e. The van der Waals surface area contributed by atoms with Gasteiger partial charge in [-0.15, -0.1) is 0 Å². The van der Waals surface area contributed by atoms with Crippen molar-refractivity contribution < 1.29 is 18.3 Å². The van der Waals surface area contributed by atoms with Crippen molar-refractivity contribution in [3.63, 3.8) is 0 Å². The molecule has 0 aliphatic rings. The minimum atomic E-state index is -0.668. The second-order valence-electron chi connectivity index (χ2n) is 4.17. The van der Waals surface area contributed by atoms with Gasteiger partial charge in [0, 0.05) is 17.6 Å². The third kappa shape index (κ3) is 3.90. The van der Waals surface area contributed by atoms with Crippen molar-refractivity contribution in [2.75, 3.05) is 6.61 Å². The van der Waals surface area contributed by atoms with E-state index in [2.05, 4.69) is 11.8 Å². The van der Waals surface area contributed by atoms with Gasteiger partial charge in [0.1, 0.15) is 11.6 Å². The summed E-state index contributed by atoms with van der Waals surface area (Å²) >= 11 is 0. The quantitative estimate of drug-likeness (QED) is 0.623. The summed E-state index contributed by atoms with van der Waals surface area (Å²) in [6.07, 6.45) is 0. The lowest BCUT2D eigenvalue weighted by atomic mass is 10.00. The van der Waals surface area contributed by atoms with E-state index in [0.29, 0.717) is 16.7 Å². The number of rotatable bonds is 2. The Morgan fingerprint density at radius 3 is 2.48 bits per heavy atom. The molecule has 0 radical (unpaired) electrons. The Labute approximate surface area is 121 Å². The van der Waals surface area contributed by atoms with Gasteiger partial charge in [-0.05, 0) is 36.2 Å². The maximum Gasteiger partial charge on any atom is 0.384 e. The number of hydrogen-bond acceptors (Lipinski definition) is 2. The highest BCUT2D eigenvalue weighted by molar-refractivity contribution is 5.89. The maximum atomic E-state index is 13.3. The predicted molar refractivity (Wildman–Crippen MR) is 75.3 cm³/mol. The molecule has 0 saturated heterocycles. The molecular formula is C17H12F2O2. The molecule has 0 amide bonds. The molecule has 21 heavy (non-hydrogen) atoms. The van der Waals surface area contributed by atoms with Crippen LogP contribution in [0.15, 0.2) is 42.5 Å². The van der Waals surface area contributed by atoms with Crippen molar-refractivity contribution in [3.8, 4) is 23.0 Å². The van der Waals surface area contributed by atoms with Crippen LogP contribution >= 0.6 is 0 Å². The molecule has 0 atom stereocenters. The highest BCUT2D eigenvalue weighted by Gasteiger charge is 2.06. The van der Waals surface area contributed by atoms with Gasteiger partial charge in [-0.25, -0.2) is 13.6 Å². The summed E-state index contributed by atoms with van der Waals surface area (Å²) in [6, 6.07) is 10.0. The van der Waals surface area contributed by atoms with Crippen LogP contribution in [0.1, 0.15) is 12.5 Å². The summed E-state index contributed by atoms with van der Waals surface area (Å²) in [5.74, 6) is 3.03.